The van der Waals surface area contributed by atoms with Crippen molar-refractivity contribution in [1.82, 2.24) is 0 Å². The van der Waals surface area contributed by atoms with Gasteiger partial charge in [0.25, 0.3) is 5.91 Å². The molecule has 1 fully saturated rings. The summed E-state index contributed by atoms with van der Waals surface area (Å²) in [6, 6.07) is 5.97. The maximum atomic E-state index is 11.8. The van der Waals surface area contributed by atoms with E-state index in [0.717, 1.165) is 28.8 Å². The summed E-state index contributed by atoms with van der Waals surface area (Å²) in [6.07, 6.45) is 8.52. The van der Waals surface area contributed by atoms with Gasteiger partial charge < -0.3 is 22.3 Å². The maximum Gasteiger partial charge on any atom is 0.320 e. The minimum absolute atomic E-state index is 0.197. The van der Waals surface area contributed by atoms with Crippen LogP contribution in [-0.4, -0.2) is 29.1 Å². The number of carbonyl (C=O) groups is 3. The van der Waals surface area contributed by atoms with Crippen molar-refractivity contribution in [3.8, 4) is 10.4 Å². The van der Waals surface area contributed by atoms with E-state index in [9.17, 15) is 14.4 Å². The lowest BCUT2D eigenvalue weighted by Gasteiger charge is -2.15. The molecule has 1 atom stereocenters. The molecule has 0 unspecified atom stereocenters. The summed E-state index contributed by atoms with van der Waals surface area (Å²) in [5, 5.41) is 11.8. The Morgan fingerprint density at radius 1 is 1.19 bits per heavy atom. The Hall–Kier alpha value is -3.17. The molecule has 1 heterocycles. The maximum absolute atomic E-state index is 11.8. The third-order valence-corrected chi connectivity index (χ3v) is 6.50. The van der Waals surface area contributed by atoms with Gasteiger partial charge in [-0.2, -0.15) is 0 Å². The molecule has 2 aromatic rings. The van der Waals surface area contributed by atoms with Crippen LogP contribution in [-0.2, 0) is 4.79 Å². The first-order chi connectivity index (χ1) is 14.8. The summed E-state index contributed by atoms with van der Waals surface area (Å²) in [5.74, 6) is -1.24. The summed E-state index contributed by atoms with van der Waals surface area (Å²) in [7, 11) is 0. The van der Waals surface area contributed by atoms with E-state index in [-0.39, 0.29) is 12.0 Å². The SMILES string of the molecule is NC(=O)Nc1sc(-c2ccc(C3CCCC3)c(C=CC[C@H](N)C(=O)O)c2)cc1C(N)=O. The molecule has 0 saturated heterocycles. The molecule has 1 aliphatic carbocycles. The zero-order chi connectivity index (χ0) is 22.5. The molecule has 8 N–H and O–H groups in total. The predicted octanol–water partition coefficient (Wildman–Crippen LogP) is 3.48. The van der Waals surface area contributed by atoms with Crippen molar-refractivity contribution in [2.24, 2.45) is 17.2 Å². The van der Waals surface area contributed by atoms with Gasteiger partial charge in [-0.25, -0.2) is 4.79 Å². The minimum Gasteiger partial charge on any atom is -0.480 e. The highest BCUT2D eigenvalue weighted by molar-refractivity contribution is 7.20. The van der Waals surface area contributed by atoms with E-state index in [1.54, 1.807) is 12.1 Å². The van der Waals surface area contributed by atoms with E-state index in [4.69, 9.17) is 22.3 Å². The smallest absolute Gasteiger partial charge is 0.320 e. The number of carboxylic acids is 1. The van der Waals surface area contributed by atoms with Gasteiger partial charge in [0, 0.05) is 4.88 Å². The first-order valence-electron chi connectivity index (χ1n) is 10.1. The van der Waals surface area contributed by atoms with E-state index < -0.39 is 23.9 Å². The van der Waals surface area contributed by atoms with Crippen LogP contribution >= 0.6 is 11.3 Å². The molecular formula is C22H26N4O4S. The number of rotatable bonds is 8. The molecule has 0 radical (unpaired) electrons. The molecule has 0 bridgehead atoms. The van der Waals surface area contributed by atoms with Crippen LogP contribution < -0.4 is 22.5 Å². The van der Waals surface area contributed by atoms with Crippen molar-refractivity contribution in [3.63, 3.8) is 0 Å². The van der Waals surface area contributed by atoms with Crippen LogP contribution in [0.2, 0.25) is 0 Å². The Balaban J connectivity index is 1.98. The molecular weight excluding hydrogens is 416 g/mol. The van der Waals surface area contributed by atoms with Crippen molar-refractivity contribution >= 4 is 40.3 Å². The second-order valence-electron chi connectivity index (χ2n) is 7.61. The highest BCUT2D eigenvalue weighted by Crippen LogP contribution is 2.40. The fourth-order valence-corrected chi connectivity index (χ4v) is 4.91. The fourth-order valence-electron chi connectivity index (χ4n) is 3.84. The highest BCUT2D eigenvalue weighted by Gasteiger charge is 2.21. The fraction of sp³-hybridized carbons (Fsp3) is 0.318. The number of carboxylic acid groups (broad SMARTS) is 1. The van der Waals surface area contributed by atoms with Gasteiger partial charge in [-0.15, -0.1) is 11.3 Å². The summed E-state index contributed by atoms with van der Waals surface area (Å²) in [6.45, 7) is 0. The number of nitrogens with two attached hydrogens (primary N) is 3. The molecule has 8 nitrogen and oxygen atoms in total. The van der Waals surface area contributed by atoms with Crippen molar-refractivity contribution in [3.05, 3.63) is 47.0 Å². The van der Waals surface area contributed by atoms with Gasteiger partial charge in [-0.1, -0.05) is 37.1 Å². The van der Waals surface area contributed by atoms with Crippen molar-refractivity contribution in [2.45, 2.75) is 44.1 Å². The monoisotopic (exact) mass is 442 g/mol. The zero-order valence-corrected chi connectivity index (χ0v) is 17.8. The second kappa shape index (κ2) is 9.76. The van der Waals surface area contributed by atoms with E-state index in [0.29, 0.717) is 10.9 Å². The number of anilines is 1. The predicted molar refractivity (Wildman–Crippen MR) is 122 cm³/mol. The van der Waals surface area contributed by atoms with Gasteiger partial charge >= 0.3 is 12.0 Å². The highest BCUT2D eigenvalue weighted by atomic mass is 32.1. The number of nitrogens with one attached hydrogen (secondary N) is 1. The Morgan fingerprint density at radius 2 is 1.90 bits per heavy atom. The van der Waals surface area contributed by atoms with Gasteiger partial charge in [0.1, 0.15) is 11.0 Å². The van der Waals surface area contributed by atoms with E-state index >= 15 is 0 Å². The van der Waals surface area contributed by atoms with Crippen LogP contribution in [0.1, 0.15) is 59.5 Å². The van der Waals surface area contributed by atoms with Gasteiger partial charge in [0.2, 0.25) is 0 Å². The lowest BCUT2D eigenvalue weighted by atomic mass is 9.91. The Labute approximate surface area is 184 Å². The van der Waals surface area contributed by atoms with E-state index in [2.05, 4.69) is 11.4 Å². The molecule has 31 heavy (non-hydrogen) atoms. The summed E-state index contributed by atoms with van der Waals surface area (Å²) in [4.78, 5) is 34.8. The number of thiophene rings is 1. The van der Waals surface area contributed by atoms with Gasteiger partial charge in [0.05, 0.1) is 5.56 Å². The van der Waals surface area contributed by atoms with E-state index in [1.807, 2.05) is 18.2 Å². The van der Waals surface area contributed by atoms with Crippen molar-refractivity contribution < 1.29 is 19.5 Å². The quantitative estimate of drug-likeness (QED) is 0.422. The second-order valence-corrected chi connectivity index (χ2v) is 8.67. The van der Waals surface area contributed by atoms with Gasteiger partial charge in [0.15, 0.2) is 0 Å². The molecule has 1 aromatic carbocycles. The van der Waals surface area contributed by atoms with Crippen LogP contribution in [0, 0.1) is 0 Å². The van der Waals surface area contributed by atoms with Crippen LogP contribution in [0.5, 0.6) is 0 Å². The summed E-state index contributed by atoms with van der Waals surface area (Å²) in [5.41, 5.74) is 19.5. The molecule has 9 heteroatoms. The number of primary amides is 2. The third-order valence-electron chi connectivity index (χ3n) is 5.41. The number of carbonyl (C=O) groups excluding carboxylic acids is 2. The lowest BCUT2D eigenvalue weighted by Crippen LogP contribution is -2.29. The molecule has 3 amide bonds. The van der Waals surface area contributed by atoms with Gasteiger partial charge in [-0.05, 0) is 54.0 Å². The first-order valence-corrected chi connectivity index (χ1v) is 10.9. The van der Waals surface area contributed by atoms with Crippen LogP contribution in [0.3, 0.4) is 0 Å². The number of urea groups is 1. The molecule has 1 aliphatic rings. The average Bonchev–Trinajstić information content (AvgIpc) is 3.37. The van der Waals surface area contributed by atoms with Crippen LogP contribution in [0.15, 0.2) is 30.3 Å². The topological polar surface area (TPSA) is 162 Å². The normalized spacial score (nSPS) is 15.3. The Bertz CT molecular complexity index is 1020. The van der Waals surface area contributed by atoms with Crippen molar-refractivity contribution in [1.29, 1.82) is 0 Å². The standard InChI is InChI=1S/C22H26N4O4S/c23-17(21(28)29)7-3-6-13-10-14(8-9-15(13)12-4-1-2-5-12)18-11-16(19(24)27)20(31-18)26-22(25)30/h3,6,8-12,17H,1-2,4-5,7,23H2,(H2,24,27)(H,28,29)(H3,25,26,30)/t17-/m0/s1. The van der Waals surface area contributed by atoms with Crippen LogP contribution in [0.4, 0.5) is 9.80 Å². The molecule has 0 aliphatic heterocycles. The van der Waals surface area contributed by atoms with Crippen molar-refractivity contribution in [2.75, 3.05) is 5.32 Å². The first kappa shape index (κ1) is 22.5. The van der Waals surface area contributed by atoms with E-state index in [1.165, 1.54) is 29.7 Å². The number of hydrogen-bond donors (Lipinski definition) is 5. The lowest BCUT2D eigenvalue weighted by molar-refractivity contribution is -0.138. The number of aliphatic carboxylic acids is 1. The molecule has 3 rings (SSSR count). The molecule has 1 saturated carbocycles. The Morgan fingerprint density at radius 3 is 2.52 bits per heavy atom. The molecule has 0 spiro atoms. The van der Waals surface area contributed by atoms with Crippen LogP contribution in [0.25, 0.3) is 16.5 Å². The average molecular weight is 443 g/mol. The summed E-state index contributed by atoms with van der Waals surface area (Å²) < 4.78 is 0. The number of amides is 3. The van der Waals surface area contributed by atoms with Gasteiger partial charge in [-0.3, -0.25) is 14.9 Å². The zero-order valence-electron chi connectivity index (χ0n) is 17.0. The Kier molecular flexibility index (Phi) is 7.09. The number of benzene rings is 1. The largest absolute Gasteiger partial charge is 0.480 e. The molecule has 1 aromatic heterocycles. The molecule has 164 valence electrons. The third kappa shape index (κ3) is 5.50. The number of hydrogen-bond acceptors (Lipinski definition) is 5. The summed E-state index contributed by atoms with van der Waals surface area (Å²) >= 11 is 1.21. The minimum atomic E-state index is -1.04.